The lowest BCUT2D eigenvalue weighted by Crippen LogP contribution is -2.13. The zero-order valence-corrected chi connectivity index (χ0v) is 7.18. The summed E-state index contributed by atoms with van der Waals surface area (Å²) < 4.78 is 17.6. The molecule has 0 aromatic carbocycles. The number of halogens is 1. The number of aromatic nitrogens is 1. The summed E-state index contributed by atoms with van der Waals surface area (Å²) in [7, 11) is 0. The van der Waals surface area contributed by atoms with Crippen LogP contribution in [0.1, 0.15) is 32.2 Å². The number of hydrogen-bond acceptors (Lipinski definition) is 3. The fourth-order valence-corrected chi connectivity index (χ4v) is 0.815. The Morgan fingerprint density at radius 1 is 1.50 bits per heavy atom. The van der Waals surface area contributed by atoms with E-state index >= 15 is 0 Å². The first-order valence-corrected chi connectivity index (χ1v) is 3.52. The third kappa shape index (κ3) is 1.30. The van der Waals surface area contributed by atoms with Gasteiger partial charge in [-0.05, 0) is 0 Å². The molecule has 0 aliphatic carbocycles. The normalized spacial score (nSPS) is 11.2. The highest BCUT2D eigenvalue weighted by molar-refractivity contribution is 5.25. The third-order valence-corrected chi connectivity index (χ3v) is 1.45. The Morgan fingerprint density at radius 3 is 2.33 bits per heavy atom. The molecule has 0 spiro atoms. The number of nitrogens with zero attached hydrogens (tertiary/aromatic N) is 2. The van der Waals surface area contributed by atoms with Gasteiger partial charge in [0.15, 0.2) is 0 Å². The maximum Gasteiger partial charge on any atom is 0.271 e. The Morgan fingerprint density at radius 2 is 2.08 bits per heavy atom. The van der Waals surface area contributed by atoms with E-state index in [9.17, 15) is 4.39 Å². The SMILES string of the molecule is CC(C)(C)c1noc(C#N)c1F. The summed E-state index contributed by atoms with van der Waals surface area (Å²) in [5.41, 5.74) is -0.234. The van der Waals surface area contributed by atoms with Crippen LogP contribution in [0.15, 0.2) is 4.52 Å². The van der Waals surface area contributed by atoms with Gasteiger partial charge in [0, 0.05) is 5.41 Å². The molecule has 0 unspecified atom stereocenters. The van der Waals surface area contributed by atoms with Crippen molar-refractivity contribution in [1.82, 2.24) is 5.16 Å². The van der Waals surface area contributed by atoms with Gasteiger partial charge in [-0.25, -0.2) is 0 Å². The van der Waals surface area contributed by atoms with Crippen molar-refractivity contribution >= 4 is 0 Å². The molecular weight excluding hydrogens is 159 g/mol. The molecule has 0 N–H and O–H groups in total. The van der Waals surface area contributed by atoms with E-state index in [4.69, 9.17) is 5.26 Å². The van der Waals surface area contributed by atoms with Gasteiger partial charge >= 0.3 is 0 Å². The molecule has 0 saturated carbocycles. The second-order valence-electron chi connectivity index (χ2n) is 3.54. The second-order valence-corrected chi connectivity index (χ2v) is 3.54. The second kappa shape index (κ2) is 2.59. The Balaban J connectivity index is 3.22. The summed E-state index contributed by atoms with van der Waals surface area (Å²) in [5, 5.41) is 11.9. The quantitative estimate of drug-likeness (QED) is 0.595. The average Bonchev–Trinajstić information content (AvgIpc) is 2.29. The molecular formula is C8H9FN2O. The fourth-order valence-electron chi connectivity index (χ4n) is 0.815. The Labute approximate surface area is 69.8 Å². The third-order valence-electron chi connectivity index (χ3n) is 1.45. The predicted octanol–water partition coefficient (Wildman–Crippen LogP) is 1.98. The Bertz CT molecular complexity index is 330. The largest absolute Gasteiger partial charge is 0.342 e. The van der Waals surface area contributed by atoms with Crippen LogP contribution in [0.4, 0.5) is 4.39 Å². The lowest BCUT2D eigenvalue weighted by molar-refractivity contribution is 0.385. The monoisotopic (exact) mass is 168 g/mol. The van der Waals surface area contributed by atoms with Gasteiger partial charge < -0.3 is 4.52 Å². The first kappa shape index (κ1) is 8.72. The average molecular weight is 168 g/mol. The summed E-state index contributed by atoms with van der Waals surface area (Å²) in [5.74, 6) is -0.995. The van der Waals surface area contributed by atoms with Crippen LogP contribution in [0.5, 0.6) is 0 Å². The molecule has 3 nitrogen and oxygen atoms in total. The molecule has 0 saturated heterocycles. The number of hydrogen-bond donors (Lipinski definition) is 0. The van der Waals surface area contributed by atoms with Gasteiger partial charge in [-0.2, -0.15) is 9.65 Å². The molecule has 0 amide bonds. The van der Waals surface area contributed by atoms with Crippen LogP contribution in [0.25, 0.3) is 0 Å². The standard InChI is InChI=1S/C8H9FN2O/c1-8(2,3)7-6(9)5(4-10)12-11-7/h1-3H3. The van der Waals surface area contributed by atoms with Crippen molar-refractivity contribution in [3.63, 3.8) is 0 Å². The van der Waals surface area contributed by atoms with Crippen LogP contribution in [-0.4, -0.2) is 5.16 Å². The van der Waals surface area contributed by atoms with Gasteiger partial charge in [-0.15, -0.1) is 0 Å². The van der Waals surface area contributed by atoms with Crippen molar-refractivity contribution < 1.29 is 8.91 Å². The molecule has 1 rings (SSSR count). The van der Waals surface area contributed by atoms with Crippen molar-refractivity contribution in [2.45, 2.75) is 26.2 Å². The topological polar surface area (TPSA) is 49.8 Å². The fraction of sp³-hybridized carbons (Fsp3) is 0.500. The van der Waals surface area contributed by atoms with E-state index in [1.165, 1.54) is 0 Å². The van der Waals surface area contributed by atoms with Gasteiger partial charge in [0.1, 0.15) is 11.8 Å². The van der Waals surface area contributed by atoms with Crippen LogP contribution in [0.2, 0.25) is 0 Å². The molecule has 1 aromatic rings. The predicted molar refractivity (Wildman–Crippen MR) is 39.9 cm³/mol. The highest BCUT2D eigenvalue weighted by atomic mass is 19.1. The van der Waals surface area contributed by atoms with Crippen molar-refractivity contribution in [3.8, 4) is 6.07 Å². The minimum Gasteiger partial charge on any atom is -0.342 e. The molecule has 64 valence electrons. The van der Waals surface area contributed by atoms with Crippen LogP contribution in [0, 0.1) is 17.1 Å². The van der Waals surface area contributed by atoms with E-state index in [-0.39, 0.29) is 11.5 Å². The van der Waals surface area contributed by atoms with E-state index < -0.39 is 11.2 Å². The molecule has 0 aliphatic heterocycles. The van der Waals surface area contributed by atoms with Gasteiger partial charge in [0.25, 0.3) is 5.76 Å². The summed E-state index contributed by atoms with van der Waals surface area (Å²) >= 11 is 0. The van der Waals surface area contributed by atoms with E-state index in [1.54, 1.807) is 26.8 Å². The Kier molecular flexibility index (Phi) is 1.89. The van der Waals surface area contributed by atoms with Crippen molar-refractivity contribution in [2.75, 3.05) is 0 Å². The van der Waals surface area contributed by atoms with Gasteiger partial charge in [-0.3, -0.25) is 0 Å². The highest BCUT2D eigenvalue weighted by Crippen LogP contribution is 2.24. The maximum atomic E-state index is 13.2. The van der Waals surface area contributed by atoms with Crippen molar-refractivity contribution in [3.05, 3.63) is 17.3 Å². The van der Waals surface area contributed by atoms with E-state index in [2.05, 4.69) is 9.68 Å². The Hall–Kier alpha value is -1.37. The van der Waals surface area contributed by atoms with Crippen LogP contribution in [-0.2, 0) is 5.41 Å². The van der Waals surface area contributed by atoms with Crippen molar-refractivity contribution in [1.29, 1.82) is 5.26 Å². The number of rotatable bonds is 0. The van der Waals surface area contributed by atoms with Gasteiger partial charge in [0.05, 0.1) is 0 Å². The molecule has 1 aromatic heterocycles. The summed E-state index contributed by atoms with van der Waals surface area (Å²) in [6.07, 6.45) is 0. The zero-order chi connectivity index (χ0) is 9.35. The molecule has 0 fully saturated rings. The highest BCUT2D eigenvalue weighted by Gasteiger charge is 2.26. The molecule has 4 heteroatoms. The molecule has 1 heterocycles. The zero-order valence-electron chi connectivity index (χ0n) is 7.18. The minimum atomic E-state index is -0.648. The van der Waals surface area contributed by atoms with E-state index in [0.29, 0.717) is 0 Å². The molecule has 0 atom stereocenters. The van der Waals surface area contributed by atoms with Gasteiger partial charge in [0.2, 0.25) is 5.82 Å². The smallest absolute Gasteiger partial charge is 0.271 e. The van der Waals surface area contributed by atoms with E-state index in [0.717, 1.165) is 0 Å². The molecule has 0 radical (unpaired) electrons. The van der Waals surface area contributed by atoms with Crippen molar-refractivity contribution in [2.24, 2.45) is 0 Å². The first-order chi connectivity index (χ1) is 5.46. The number of nitriles is 1. The maximum absolute atomic E-state index is 13.2. The van der Waals surface area contributed by atoms with Crippen LogP contribution < -0.4 is 0 Å². The lowest BCUT2D eigenvalue weighted by Gasteiger charge is -2.12. The molecule has 0 bridgehead atoms. The van der Waals surface area contributed by atoms with E-state index in [1.807, 2.05) is 0 Å². The molecule has 0 aliphatic rings. The lowest BCUT2D eigenvalue weighted by atomic mass is 9.92. The summed E-state index contributed by atoms with van der Waals surface area (Å²) in [6, 6.07) is 1.58. The molecule has 12 heavy (non-hydrogen) atoms. The summed E-state index contributed by atoms with van der Waals surface area (Å²) in [6.45, 7) is 5.40. The van der Waals surface area contributed by atoms with Gasteiger partial charge in [-0.1, -0.05) is 25.9 Å². The summed E-state index contributed by atoms with van der Waals surface area (Å²) in [4.78, 5) is 0. The van der Waals surface area contributed by atoms with Crippen LogP contribution >= 0.6 is 0 Å². The minimum absolute atomic E-state index is 0.194. The van der Waals surface area contributed by atoms with Crippen LogP contribution in [0.3, 0.4) is 0 Å². The first-order valence-electron chi connectivity index (χ1n) is 3.52.